The summed E-state index contributed by atoms with van der Waals surface area (Å²) in [5.41, 5.74) is 2.55. The van der Waals surface area contributed by atoms with Crippen molar-refractivity contribution in [1.29, 1.82) is 0 Å². The first-order valence-electron chi connectivity index (χ1n) is 8.05. The molecule has 2 heteroatoms. The van der Waals surface area contributed by atoms with E-state index in [2.05, 4.69) is 30.3 Å². The molecule has 0 unspecified atom stereocenters. The lowest BCUT2D eigenvalue weighted by Gasteiger charge is -2.14. The van der Waals surface area contributed by atoms with Gasteiger partial charge in [0.25, 0.3) is 0 Å². The van der Waals surface area contributed by atoms with Crippen LogP contribution in [-0.2, 0) is 6.42 Å². The normalized spacial score (nSPS) is 11.2. The molecule has 0 spiro atoms. The molecule has 4 aromatic rings. The van der Waals surface area contributed by atoms with Crippen molar-refractivity contribution < 1.29 is 10.2 Å². The number of aromatic hydroxyl groups is 2. The van der Waals surface area contributed by atoms with Gasteiger partial charge in [-0.25, -0.2) is 0 Å². The molecule has 118 valence electrons. The lowest BCUT2D eigenvalue weighted by molar-refractivity contribution is 0.439. The monoisotopic (exact) mass is 314 g/mol. The Morgan fingerprint density at radius 1 is 0.750 bits per heavy atom. The van der Waals surface area contributed by atoms with Gasteiger partial charge in [-0.15, -0.1) is 0 Å². The molecule has 0 atom stereocenters. The van der Waals surface area contributed by atoms with Crippen LogP contribution in [0.1, 0.15) is 16.7 Å². The maximum absolute atomic E-state index is 10.4. The Morgan fingerprint density at radius 3 is 1.96 bits per heavy atom. The summed E-state index contributed by atoms with van der Waals surface area (Å²) in [6.07, 6.45) is 0.620. The van der Waals surface area contributed by atoms with Gasteiger partial charge < -0.3 is 10.2 Å². The first kappa shape index (κ1) is 14.6. The van der Waals surface area contributed by atoms with E-state index in [0.717, 1.165) is 5.56 Å². The van der Waals surface area contributed by atoms with Crippen LogP contribution >= 0.6 is 0 Å². The van der Waals surface area contributed by atoms with E-state index >= 15 is 0 Å². The van der Waals surface area contributed by atoms with Crippen molar-refractivity contribution in [2.24, 2.45) is 0 Å². The zero-order chi connectivity index (χ0) is 16.7. The molecular formula is C22H18O2. The highest BCUT2D eigenvalue weighted by molar-refractivity contribution is 6.02. The highest BCUT2D eigenvalue weighted by Gasteiger charge is 2.13. The molecule has 0 fully saturated rings. The second-order valence-electron chi connectivity index (χ2n) is 6.19. The molecule has 2 nitrogen and oxygen atoms in total. The summed E-state index contributed by atoms with van der Waals surface area (Å²) in [7, 11) is 0. The van der Waals surface area contributed by atoms with E-state index in [9.17, 15) is 10.2 Å². The van der Waals surface area contributed by atoms with Crippen molar-refractivity contribution in [3.8, 4) is 11.5 Å². The molecule has 0 saturated heterocycles. The number of rotatable bonds is 2. The van der Waals surface area contributed by atoms with Crippen LogP contribution in [0.25, 0.3) is 21.5 Å². The van der Waals surface area contributed by atoms with Crippen molar-refractivity contribution in [1.82, 2.24) is 0 Å². The molecule has 0 aromatic heterocycles. The van der Waals surface area contributed by atoms with E-state index in [1.807, 2.05) is 24.3 Å². The molecule has 24 heavy (non-hydrogen) atoms. The van der Waals surface area contributed by atoms with Crippen LogP contribution in [-0.4, -0.2) is 10.2 Å². The maximum Gasteiger partial charge on any atom is 0.125 e. The first-order chi connectivity index (χ1) is 11.6. The standard InChI is InChI=1S/C22H18O2/c1-14-21(23)11-10-17(22(14)24)13-20-18-8-4-2-6-15(18)12-16-7-3-5-9-19(16)20/h2-12,23-24H,13H2,1H3. The Bertz CT molecular complexity index is 1010. The average molecular weight is 314 g/mol. The van der Waals surface area contributed by atoms with E-state index < -0.39 is 0 Å². The molecule has 0 saturated carbocycles. The fraction of sp³-hybridized carbons (Fsp3) is 0.0909. The third-order valence-electron chi connectivity index (χ3n) is 4.74. The summed E-state index contributed by atoms with van der Waals surface area (Å²) in [5.74, 6) is 0.297. The zero-order valence-corrected chi connectivity index (χ0v) is 13.5. The first-order valence-corrected chi connectivity index (χ1v) is 8.05. The van der Waals surface area contributed by atoms with Gasteiger partial charge in [-0.05, 0) is 51.7 Å². The van der Waals surface area contributed by atoms with Gasteiger partial charge in [0.1, 0.15) is 11.5 Å². The van der Waals surface area contributed by atoms with E-state index in [0.29, 0.717) is 12.0 Å². The number of hydrogen-bond acceptors (Lipinski definition) is 2. The number of benzene rings is 4. The summed E-state index contributed by atoms with van der Waals surface area (Å²) in [6, 6.07) is 22.3. The van der Waals surface area contributed by atoms with Crippen LogP contribution < -0.4 is 0 Å². The Kier molecular flexibility index (Phi) is 3.39. The minimum absolute atomic E-state index is 0.124. The van der Waals surface area contributed by atoms with Crippen molar-refractivity contribution in [2.45, 2.75) is 13.3 Å². The molecule has 0 radical (unpaired) electrons. The number of hydrogen-bond donors (Lipinski definition) is 2. The van der Waals surface area contributed by atoms with Gasteiger partial charge in [0.05, 0.1) is 0 Å². The molecule has 0 aliphatic carbocycles. The maximum atomic E-state index is 10.4. The predicted octanol–water partition coefficient (Wildman–Crippen LogP) is 5.30. The third kappa shape index (κ3) is 2.28. The van der Waals surface area contributed by atoms with Crippen LogP contribution in [0.2, 0.25) is 0 Å². The number of phenolic OH excluding ortho intramolecular Hbond substituents is 2. The molecule has 4 rings (SSSR count). The topological polar surface area (TPSA) is 40.5 Å². The van der Waals surface area contributed by atoms with E-state index in [-0.39, 0.29) is 11.5 Å². The van der Waals surface area contributed by atoms with Gasteiger partial charge >= 0.3 is 0 Å². The summed E-state index contributed by atoms with van der Waals surface area (Å²) in [6.45, 7) is 1.73. The Balaban J connectivity index is 1.99. The largest absolute Gasteiger partial charge is 0.508 e. The smallest absolute Gasteiger partial charge is 0.125 e. The predicted molar refractivity (Wildman–Crippen MR) is 98.8 cm³/mol. The van der Waals surface area contributed by atoms with Crippen molar-refractivity contribution >= 4 is 21.5 Å². The van der Waals surface area contributed by atoms with Gasteiger partial charge in [-0.2, -0.15) is 0 Å². The molecule has 2 N–H and O–H groups in total. The minimum Gasteiger partial charge on any atom is -0.508 e. The Hall–Kier alpha value is -3.00. The molecule has 0 aliphatic heterocycles. The van der Waals surface area contributed by atoms with Gasteiger partial charge in [0, 0.05) is 12.0 Å². The van der Waals surface area contributed by atoms with Crippen LogP contribution in [0.4, 0.5) is 0 Å². The summed E-state index contributed by atoms with van der Waals surface area (Å²) in [4.78, 5) is 0. The highest BCUT2D eigenvalue weighted by atomic mass is 16.3. The lowest BCUT2D eigenvalue weighted by Crippen LogP contribution is -1.94. The molecule has 4 aromatic carbocycles. The summed E-state index contributed by atoms with van der Waals surface area (Å²) in [5, 5.41) is 25.0. The highest BCUT2D eigenvalue weighted by Crippen LogP contribution is 2.35. The van der Waals surface area contributed by atoms with Crippen LogP contribution in [0.3, 0.4) is 0 Å². The van der Waals surface area contributed by atoms with Gasteiger partial charge in [-0.1, -0.05) is 54.6 Å². The fourth-order valence-electron chi connectivity index (χ4n) is 3.38. The minimum atomic E-state index is 0.124. The quantitative estimate of drug-likeness (QED) is 0.493. The molecule has 0 bridgehead atoms. The Morgan fingerprint density at radius 2 is 1.33 bits per heavy atom. The number of phenols is 2. The van der Waals surface area contributed by atoms with Crippen molar-refractivity contribution in [3.05, 3.63) is 83.4 Å². The molecule has 0 aliphatic rings. The SMILES string of the molecule is Cc1c(O)ccc(Cc2c3ccccc3cc3ccccc23)c1O. The van der Waals surface area contributed by atoms with Gasteiger partial charge in [-0.3, -0.25) is 0 Å². The van der Waals surface area contributed by atoms with Crippen LogP contribution in [0, 0.1) is 6.92 Å². The fourth-order valence-corrected chi connectivity index (χ4v) is 3.38. The van der Waals surface area contributed by atoms with Crippen LogP contribution in [0.15, 0.2) is 66.7 Å². The molecular weight excluding hydrogens is 296 g/mol. The van der Waals surface area contributed by atoms with E-state index in [1.165, 1.54) is 27.1 Å². The van der Waals surface area contributed by atoms with E-state index in [4.69, 9.17) is 0 Å². The second kappa shape index (κ2) is 5.57. The van der Waals surface area contributed by atoms with Crippen molar-refractivity contribution in [2.75, 3.05) is 0 Å². The third-order valence-corrected chi connectivity index (χ3v) is 4.74. The van der Waals surface area contributed by atoms with E-state index in [1.54, 1.807) is 19.1 Å². The average Bonchev–Trinajstić information content (AvgIpc) is 2.61. The molecule has 0 heterocycles. The zero-order valence-electron chi connectivity index (χ0n) is 13.5. The second-order valence-corrected chi connectivity index (χ2v) is 6.19. The summed E-state index contributed by atoms with van der Waals surface area (Å²) < 4.78 is 0. The van der Waals surface area contributed by atoms with Gasteiger partial charge in [0.15, 0.2) is 0 Å². The number of fused-ring (bicyclic) bond motifs is 2. The summed E-state index contributed by atoms with van der Waals surface area (Å²) >= 11 is 0. The Labute approximate surface area is 140 Å². The van der Waals surface area contributed by atoms with Crippen molar-refractivity contribution in [3.63, 3.8) is 0 Å². The van der Waals surface area contributed by atoms with Crippen LogP contribution in [0.5, 0.6) is 11.5 Å². The lowest BCUT2D eigenvalue weighted by atomic mass is 9.91. The molecule has 0 amide bonds. The van der Waals surface area contributed by atoms with Gasteiger partial charge in [0.2, 0.25) is 0 Å².